The Morgan fingerprint density at radius 1 is 1.00 bits per heavy atom. The van der Waals surface area contributed by atoms with Crippen LogP contribution in [0.2, 0.25) is 0 Å². The summed E-state index contributed by atoms with van der Waals surface area (Å²) in [7, 11) is -2.12. The van der Waals surface area contributed by atoms with Crippen LogP contribution in [0.4, 0.5) is 5.69 Å². The van der Waals surface area contributed by atoms with Gasteiger partial charge < -0.3 is 9.47 Å². The first-order valence-electron chi connectivity index (χ1n) is 9.84. The number of hydrogen-bond acceptors (Lipinski definition) is 8. The lowest BCUT2D eigenvalue weighted by Gasteiger charge is -2.18. The number of thiophene rings is 1. The van der Waals surface area contributed by atoms with Gasteiger partial charge in [0.2, 0.25) is 0 Å². The Kier molecular flexibility index (Phi) is 7.07. The molecule has 7 nitrogen and oxygen atoms in total. The zero-order valence-electron chi connectivity index (χ0n) is 17.6. The first-order chi connectivity index (χ1) is 15.9. The largest absolute Gasteiger partial charge is 0.482 e. The minimum Gasteiger partial charge on any atom is -0.482 e. The normalized spacial score (nSPS) is 11.2. The van der Waals surface area contributed by atoms with Gasteiger partial charge >= 0.3 is 5.97 Å². The van der Waals surface area contributed by atoms with Gasteiger partial charge in [0, 0.05) is 18.0 Å². The topological polar surface area (TPSA) is 85.8 Å². The molecule has 0 bridgehead atoms. The van der Waals surface area contributed by atoms with E-state index in [9.17, 15) is 13.2 Å². The van der Waals surface area contributed by atoms with Crippen LogP contribution in [0.1, 0.15) is 5.69 Å². The molecule has 0 amide bonds. The van der Waals surface area contributed by atoms with Crippen molar-refractivity contribution in [1.29, 1.82) is 0 Å². The monoisotopic (exact) mass is 500 g/mol. The van der Waals surface area contributed by atoms with Gasteiger partial charge in [0.1, 0.15) is 21.6 Å². The number of hydrogen-bond donors (Lipinski definition) is 0. The summed E-state index contributed by atoms with van der Waals surface area (Å²) in [5.41, 5.74) is 2.17. The molecular weight excluding hydrogens is 480 g/mol. The predicted octanol–water partition coefficient (Wildman–Crippen LogP) is 4.82. The number of thiazole rings is 1. The summed E-state index contributed by atoms with van der Waals surface area (Å²) in [6.45, 7) is -0.200. The number of ether oxygens (including phenoxy) is 2. The van der Waals surface area contributed by atoms with E-state index in [-0.39, 0.29) is 17.4 Å². The van der Waals surface area contributed by atoms with Gasteiger partial charge in [-0.1, -0.05) is 36.4 Å². The Hall–Kier alpha value is -3.21. The summed E-state index contributed by atoms with van der Waals surface area (Å²) < 4.78 is 37.4. The lowest BCUT2D eigenvalue weighted by Crippen LogP contribution is -2.25. The lowest BCUT2D eigenvalue weighted by molar-refractivity contribution is -0.147. The molecule has 0 radical (unpaired) electrons. The molecule has 0 atom stereocenters. The molecule has 4 rings (SSSR count). The van der Waals surface area contributed by atoms with Crippen molar-refractivity contribution in [2.24, 2.45) is 0 Å². The Morgan fingerprint density at radius 2 is 1.76 bits per heavy atom. The number of carbonyl (C=O) groups excluding carboxylic acids is 1. The van der Waals surface area contributed by atoms with Gasteiger partial charge in [-0.15, -0.1) is 22.7 Å². The zero-order valence-corrected chi connectivity index (χ0v) is 20.0. The first-order valence-corrected chi connectivity index (χ1v) is 13.0. The average molecular weight is 501 g/mol. The molecule has 0 saturated carbocycles. The Balaban J connectivity index is 1.27. The van der Waals surface area contributed by atoms with Gasteiger partial charge in [0.15, 0.2) is 6.61 Å². The number of anilines is 1. The zero-order chi connectivity index (χ0) is 23.3. The standard InChI is InChI=1S/C23H20N2O5S3/c1-25(33(27,28)22-8-5-13-31-22)19-9-11-20(12-10-19)29-15-21(26)30-14-18-16-32-23(24-18)17-6-3-2-4-7-17/h2-13,16H,14-15H2,1H3. The molecule has 170 valence electrons. The van der Waals surface area contributed by atoms with E-state index in [0.29, 0.717) is 17.1 Å². The minimum atomic E-state index is -3.61. The van der Waals surface area contributed by atoms with Crippen LogP contribution in [-0.2, 0) is 26.2 Å². The van der Waals surface area contributed by atoms with E-state index in [2.05, 4.69) is 4.98 Å². The highest BCUT2D eigenvalue weighted by Gasteiger charge is 2.22. The highest BCUT2D eigenvalue weighted by molar-refractivity contribution is 7.94. The van der Waals surface area contributed by atoms with Crippen LogP contribution < -0.4 is 9.04 Å². The van der Waals surface area contributed by atoms with Crippen LogP contribution in [0.3, 0.4) is 0 Å². The maximum atomic E-state index is 12.6. The fourth-order valence-corrected chi connectivity index (χ4v) is 6.03. The van der Waals surface area contributed by atoms with Crippen molar-refractivity contribution in [3.63, 3.8) is 0 Å². The fraction of sp³-hybridized carbons (Fsp3) is 0.130. The van der Waals surface area contributed by atoms with E-state index in [1.165, 1.54) is 22.7 Å². The van der Waals surface area contributed by atoms with Gasteiger partial charge in [0.25, 0.3) is 10.0 Å². The smallest absolute Gasteiger partial charge is 0.344 e. The molecule has 0 N–H and O–H groups in total. The van der Waals surface area contributed by atoms with Crippen LogP contribution >= 0.6 is 22.7 Å². The van der Waals surface area contributed by atoms with Crippen molar-refractivity contribution in [1.82, 2.24) is 4.98 Å². The fourth-order valence-electron chi connectivity index (χ4n) is 2.86. The van der Waals surface area contributed by atoms with E-state index in [4.69, 9.17) is 9.47 Å². The van der Waals surface area contributed by atoms with Crippen LogP contribution in [0.5, 0.6) is 5.75 Å². The summed E-state index contributed by atoms with van der Waals surface area (Å²) in [4.78, 5) is 16.5. The molecule has 2 aromatic heterocycles. The third-order valence-electron chi connectivity index (χ3n) is 4.62. The first kappa shape index (κ1) is 23.0. The Bertz CT molecular complexity index is 1300. The van der Waals surface area contributed by atoms with E-state index in [1.54, 1.807) is 41.8 Å². The summed E-state index contributed by atoms with van der Waals surface area (Å²) in [6, 6.07) is 19.5. The SMILES string of the molecule is CN(c1ccc(OCC(=O)OCc2csc(-c3ccccc3)n2)cc1)S(=O)(=O)c1cccs1. The second-order valence-corrected chi connectivity index (χ2v) is 10.9. The van der Waals surface area contributed by atoms with Crippen molar-refractivity contribution in [2.45, 2.75) is 10.8 Å². The van der Waals surface area contributed by atoms with Gasteiger partial charge in [-0.05, 0) is 35.7 Å². The molecule has 0 aliphatic heterocycles. The van der Waals surface area contributed by atoms with Crippen molar-refractivity contribution < 1.29 is 22.7 Å². The third kappa shape index (κ3) is 5.59. The van der Waals surface area contributed by atoms with Gasteiger partial charge in [-0.2, -0.15) is 0 Å². The highest BCUT2D eigenvalue weighted by Crippen LogP contribution is 2.27. The number of sulfonamides is 1. The van der Waals surface area contributed by atoms with Crippen LogP contribution in [-0.4, -0.2) is 33.0 Å². The van der Waals surface area contributed by atoms with Gasteiger partial charge in [0.05, 0.1) is 11.4 Å². The van der Waals surface area contributed by atoms with Gasteiger partial charge in [-0.3, -0.25) is 4.31 Å². The third-order valence-corrected chi connectivity index (χ3v) is 8.72. The van der Waals surface area contributed by atoms with Crippen molar-refractivity contribution in [2.75, 3.05) is 18.0 Å². The van der Waals surface area contributed by atoms with Crippen molar-refractivity contribution in [3.05, 3.63) is 83.2 Å². The van der Waals surface area contributed by atoms with E-state index < -0.39 is 16.0 Å². The highest BCUT2D eigenvalue weighted by atomic mass is 32.2. The molecule has 2 heterocycles. The number of carbonyl (C=O) groups is 1. The Labute approximate surface area is 199 Å². The number of rotatable bonds is 9. The van der Waals surface area contributed by atoms with Crippen LogP contribution in [0.15, 0.2) is 81.7 Å². The summed E-state index contributed by atoms with van der Waals surface area (Å²) in [5, 5.41) is 4.44. The predicted molar refractivity (Wildman–Crippen MR) is 129 cm³/mol. The molecule has 0 spiro atoms. The molecule has 10 heteroatoms. The number of benzene rings is 2. The number of nitrogens with zero attached hydrogens (tertiary/aromatic N) is 2. The molecule has 0 saturated heterocycles. The Morgan fingerprint density at radius 3 is 2.45 bits per heavy atom. The van der Waals surface area contributed by atoms with Crippen molar-refractivity contribution >= 4 is 44.4 Å². The number of aromatic nitrogens is 1. The molecular formula is C23H20N2O5S3. The molecule has 2 aromatic carbocycles. The second kappa shape index (κ2) is 10.2. The molecule has 4 aromatic rings. The van der Waals surface area contributed by atoms with Gasteiger partial charge in [-0.25, -0.2) is 18.2 Å². The molecule has 0 fully saturated rings. The second-order valence-electron chi connectivity index (χ2n) is 6.86. The van der Waals surface area contributed by atoms with Crippen molar-refractivity contribution in [3.8, 4) is 16.3 Å². The average Bonchev–Trinajstić information content (AvgIpc) is 3.55. The van der Waals surface area contributed by atoms with Crippen LogP contribution in [0, 0.1) is 0 Å². The molecule has 0 aliphatic rings. The lowest BCUT2D eigenvalue weighted by atomic mass is 10.2. The minimum absolute atomic E-state index is 0.0653. The quantitative estimate of drug-likeness (QED) is 0.306. The maximum absolute atomic E-state index is 12.6. The summed E-state index contributed by atoms with van der Waals surface area (Å²) in [6.07, 6.45) is 0. The molecule has 0 unspecified atom stereocenters. The van der Waals surface area contributed by atoms with Crippen LogP contribution in [0.25, 0.3) is 10.6 Å². The summed E-state index contributed by atoms with van der Waals surface area (Å²) >= 11 is 2.65. The van der Waals surface area contributed by atoms with E-state index in [0.717, 1.165) is 21.9 Å². The molecule has 0 aliphatic carbocycles. The number of esters is 1. The molecule has 33 heavy (non-hydrogen) atoms. The maximum Gasteiger partial charge on any atom is 0.344 e. The summed E-state index contributed by atoms with van der Waals surface area (Å²) in [5.74, 6) is -0.0941. The van der Waals surface area contributed by atoms with E-state index in [1.807, 2.05) is 35.7 Å². The van der Waals surface area contributed by atoms with E-state index >= 15 is 0 Å².